The molecule has 0 aromatic rings. The third kappa shape index (κ3) is 40.9. The predicted molar refractivity (Wildman–Crippen MR) is 240 cm³/mol. The summed E-state index contributed by atoms with van der Waals surface area (Å²) in [6, 6.07) is -0.861. The highest BCUT2D eigenvalue weighted by Crippen LogP contribution is 2.43. The summed E-state index contributed by atoms with van der Waals surface area (Å²) in [5.74, 6) is -0.192. The number of aliphatic hydroxyl groups excluding tert-OH is 1. The van der Waals surface area contributed by atoms with E-state index in [1.807, 2.05) is 27.2 Å². The molecule has 0 aliphatic heterocycles. The number of allylic oxidation sites excluding steroid dienone is 5. The summed E-state index contributed by atoms with van der Waals surface area (Å²) in [4.78, 5) is 23.1. The van der Waals surface area contributed by atoms with Crippen molar-refractivity contribution < 1.29 is 32.9 Å². The molecule has 0 radical (unpaired) electrons. The number of hydrogen-bond acceptors (Lipinski definition) is 5. The quantitative estimate of drug-likeness (QED) is 0.0245. The SMILES string of the molecule is CCCCC/C=C/CC/C=C/C(O)C(COP(=O)(O)OCC[N+](C)(C)C)NC(=O)CCCCCCCCCCC/C=C\CCCCCCCCCCCCCC. The van der Waals surface area contributed by atoms with Crippen LogP contribution in [0.1, 0.15) is 206 Å². The van der Waals surface area contributed by atoms with Crippen molar-refractivity contribution in [3.63, 3.8) is 0 Å². The lowest BCUT2D eigenvalue weighted by Crippen LogP contribution is -2.45. The monoisotopic (exact) mass is 812 g/mol. The fourth-order valence-electron chi connectivity index (χ4n) is 6.58. The second kappa shape index (κ2) is 39.2. The first kappa shape index (κ1) is 54.7. The molecule has 3 atom stereocenters. The molecule has 0 aliphatic rings. The Morgan fingerprint density at radius 1 is 0.589 bits per heavy atom. The number of carbonyl (C=O) groups is 1. The van der Waals surface area contributed by atoms with E-state index in [-0.39, 0.29) is 19.1 Å². The Morgan fingerprint density at radius 2 is 0.982 bits per heavy atom. The number of hydrogen-bond donors (Lipinski definition) is 3. The van der Waals surface area contributed by atoms with Crippen molar-refractivity contribution in [1.82, 2.24) is 5.32 Å². The summed E-state index contributed by atoms with van der Waals surface area (Å²) in [6.45, 7) is 4.74. The number of likely N-dealkylation sites (N-methyl/N-ethyl adjacent to an activating group) is 1. The number of nitrogens with zero attached hydrogens (tertiary/aromatic N) is 1. The van der Waals surface area contributed by atoms with Crippen molar-refractivity contribution in [3.8, 4) is 0 Å². The Morgan fingerprint density at radius 3 is 1.46 bits per heavy atom. The van der Waals surface area contributed by atoms with Gasteiger partial charge in [0.05, 0.1) is 39.9 Å². The minimum atomic E-state index is -4.34. The predicted octanol–water partition coefficient (Wildman–Crippen LogP) is 13.1. The van der Waals surface area contributed by atoms with Gasteiger partial charge in [-0.15, -0.1) is 0 Å². The molecule has 330 valence electrons. The van der Waals surface area contributed by atoms with Crippen LogP contribution < -0.4 is 5.32 Å². The maximum Gasteiger partial charge on any atom is 0.472 e. The molecule has 0 saturated carbocycles. The molecule has 0 aromatic carbocycles. The lowest BCUT2D eigenvalue weighted by molar-refractivity contribution is -0.870. The zero-order chi connectivity index (χ0) is 41.4. The normalized spacial score (nSPS) is 14.6. The van der Waals surface area contributed by atoms with Crippen LogP contribution in [-0.4, -0.2) is 73.4 Å². The van der Waals surface area contributed by atoms with Crippen LogP contribution in [0.3, 0.4) is 0 Å². The van der Waals surface area contributed by atoms with E-state index in [0.29, 0.717) is 17.4 Å². The summed E-state index contributed by atoms with van der Waals surface area (Å²) in [5.41, 5.74) is 0. The number of phosphoric acid groups is 1. The molecular weight excluding hydrogens is 719 g/mol. The molecule has 0 fully saturated rings. The third-order valence-corrected chi connectivity index (χ3v) is 11.3. The van der Waals surface area contributed by atoms with Crippen molar-refractivity contribution in [1.29, 1.82) is 0 Å². The standard InChI is InChI=1S/C47H91N2O6P/c1-6-8-10-12-14-16-17-18-19-20-21-22-23-24-25-26-27-28-29-30-31-33-35-37-39-41-47(51)48-45(44-55-56(52,53)54-43-42-49(3,4)5)46(50)40-38-36-34-32-15-13-11-9-7-2/h15,24-25,32,38,40,45-46,50H,6-14,16-23,26-31,33-37,39,41-44H2,1-5H3,(H-,48,51,52,53)/p+1/b25-24-,32-15+,40-38+. The van der Waals surface area contributed by atoms with Crippen LogP contribution >= 0.6 is 7.82 Å². The van der Waals surface area contributed by atoms with E-state index in [2.05, 4.69) is 43.5 Å². The van der Waals surface area contributed by atoms with Gasteiger partial charge in [0, 0.05) is 6.42 Å². The van der Waals surface area contributed by atoms with Gasteiger partial charge in [-0.3, -0.25) is 13.8 Å². The van der Waals surface area contributed by atoms with Crippen LogP contribution in [0, 0.1) is 0 Å². The minimum absolute atomic E-state index is 0.0555. The first-order chi connectivity index (χ1) is 27.0. The highest BCUT2D eigenvalue weighted by atomic mass is 31.2. The number of quaternary nitrogens is 1. The Balaban J connectivity index is 4.16. The lowest BCUT2D eigenvalue weighted by atomic mass is 10.0. The van der Waals surface area contributed by atoms with E-state index in [1.165, 1.54) is 148 Å². The largest absolute Gasteiger partial charge is 0.472 e. The fraction of sp³-hybridized carbons (Fsp3) is 0.851. The van der Waals surface area contributed by atoms with Crippen LogP contribution in [0.4, 0.5) is 0 Å². The Labute approximate surface area is 347 Å². The van der Waals surface area contributed by atoms with Crippen molar-refractivity contribution in [3.05, 3.63) is 36.5 Å². The van der Waals surface area contributed by atoms with Crippen molar-refractivity contribution >= 4 is 13.7 Å². The molecule has 56 heavy (non-hydrogen) atoms. The minimum Gasteiger partial charge on any atom is -0.387 e. The zero-order valence-corrected chi connectivity index (χ0v) is 38.3. The maximum absolute atomic E-state index is 12.8. The van der Waals surface area contributed by atoms with Gasteiger partial charge in [-0.1, -0.05) is 179 Å². The highest BCUT2D eigenvalue weighted by Gasteiger charge is 2.27. The number of unbranched alkanes of at least 4 members (excludes halogenated alkanes) is 25. The Hall–Kier alpha value is -1.28. The van der Waals surface area contributed by atoms with Crippen LogP contribution in [0.25, 0.3) is 0 Å². The van der Waals surface area contributed by atoms with Gasteiger partial charge in [0.2, 0.25) is 5.91 Å². The summed E-state index contributed by atoms with van der Waals surface area (Å²) in [6.07, 6.45) is 48.2. The van der Waals surface area contributed by atoms with E-state index in [9.17, 15) is 19.4 Å². The molecule has 3 unspecified atom stereocenters. The number of phosphoric ester groups is 1. The molecule has 0 bridgehead atoms. The average Bonchev–Trinajstić information content (AvgIpc) is 3.15. The molecule has 0 aromatic heterocycles. The molecular formula is C47H92N2O6P+. The number of amides is 1. The van der Waals surface area contributed by atoms with Gasteiger partial charge >= 0.3 is 7.82 Å². The van der Waals surface area contributed by atoms with Crippen LogP contribution in [0.2, 0.25) is 0 Å². The molecule has 3 N–H and O–H groups in total. The molecule has 8 nitrogen and oxygen atoms in total. The lowest BCUT2D eigenvalue weighted by Gasteiger charge is -2.25. The molecule has 0 aliphatic carbocycles. The van der Waals surface area contributed by atoms with Crippen molar-refractivity contribution in [2.75, 3.05) is 40.9 Å². The summed E-state index contributed by atoms with van der Waals surface area (Å²) in [7, 11) is 1.55. The fourth-order valence-corrected chi connectivity index (χ4v) is 7.32. The molecule has 0 saturated heterocycles. The molecule has 9 heteroatoms. The third-order valence-electron chi connectivity index (χ3n) is 10.3. The number of nitrogens with one attached hydrogen (secondary N) is 1. The van der Waals surface area contributed by atoms with Crippen molar-refractivity contribution in [2.24, 2.45) is 0 Å². The van der Waals surface area contributed by atoms with Gasteiger partial charge in [0.15, 0.2) is 0 Å². The van der Waals surface area contributed by atoms with Crippen LogP contribution in [0.5, 0.6) is 0 Å². The second-order valence-corrected chi connectivity index (χ2v) is 18.6. The number of carbonyl (C=O) groups excluding carboxylic acids is 1. The van der Waals surface area contributed by atoms with E-state index in [4.69, 9.17) is 9.05 Å². The topological polar surface area (TPSA) is 105 Å². The average molecular weight is 812 g/mol. The zero-order valence-electron chi connectivity index (χ0n) is 37.4. The highest BCUT2D eigenvalue weighted by molar-refractivity contribution is 7.47. The van der Waals surface area contributed by atoms with Gasteiger partial charge in [-0.25, -0.2) is 4.57 Å². The first-order valence-corrected chi connectivity index (χ1v) is 24.9. The first-order valence-electron chi connectivity index (χ1n) is 23.4. The van der Waals surface area contributed by atoms with E-state index < -0.39 is 20.0 Å². The maximum atomic E-state index is 12.8. The van der Waals surface area contributed by atoms with E-state index in [1.54, 1.807) is 6.08 Å². The van der Waals surface area contributed by atoms with Gasteiger partial charge in [0.1, 0.15) is 13.2 Å². The van der Waals surface area contributed by atoms with E-state index in [0.717, 1.165) is 38.5 Å². The Bertz CT molecular complexity index is 1010. The van der Waals surface area contributed by atoms with Crippen molar-refractivity contribution in [2.45, 2.75) is 219 Å². The van der Waals surface area contributed by atoms with Crippen LogP contribution in [0.15, 0.2) is 36.5 Å². The smallest absolute Gasteiger partial charge is 0.387 e. The van der Waals surface area contributed by atoms with Gasteiger partial charge in [-0.05, 0) is 57.8 Å². The van der Waals surface area contributed by atoms with Gasteiger partial charge in [0.25, 0.3) is 0 Å². The molecule has 0 rings (SSSR count). The van der Waals surface area contributed by atoms with Gasteiger partial charge in [-0.2, -0.15) is 0 Å². The Kier molecular flexibility index (Phi) is 38.3. The summed E-state index contributed by atoms with van der Waals surface area (Å²) in [5, 5.41) is 13.7. The molecule has 0 heterocycles. The van der Waals surface area contributed by atoms with E-state index >= 15 is 0 Å². The molecule has 1 amide bonds. The van der Waals surface area contributed by atoms with Gasteiger partial charge < -0.3 is 19.8 Å². The second-order valence-electron chi connectivity index (χ2n) is 17.1. The number of rotatable bonds is 42. The van der Waals surface area contributed by atoms with Crippen LogP contribution in [-0.2, 0) is 18.4 Å². The summed E-state index contributed by atoms with van der Waals surface area (Å²) >= 11 is 0. The molecule has 0 spiro atoms. The summed E-state index contributed by atoms with van der Waals surface area (Å²) < 4.78 is 23.5. The number of aliphatic hydroxyl groups is 1.